The molecule has 1 heterocycles. The second-order valence-electron chi connectivity index (χ2n) is 3.44. The maximum Gasteiger partial charge on any atom is 0.339 e. The summed E-state index contributed by atoms with van der Waals surface area (Å²) in [5, 5.41) is 0. The number of alkyl halides is 1. The molecule has 15 heavy (non-hydrogen) atoms. The monoisotopic (exact) mass is 226 g/mol. The van der Waals surface area contributed by atoms with Gasteiger partial charge in [0.2, 0.25) is 0 Å². The van der Waals surface area contributed by atoms with Gasteiger partial charge in [0.25, 0.3) is 0 Å². The number of carbonyl (C=O) groups is 1. The molecule has 0 aliphatic carbocycles. The minimum atomic E-state index is -0.303. The fourth-order valence-electron chi connectivity index (χ4n) is 1.83. The molecule has 0 unspecified atom stereocenters. The molecule has 1 aliphatic heterocycles. The van der Waals surface area contributed by atoms with Gasteiger partial charge in [-0.1, -0.05) is 0 Å². The first-order valence-corrected chi connectivity index (χ1v) is 5.15. The van der Waals surface area contributed by atoms with Crippen LogP contribution in [0.25, 0.3) is 0 Å². The van der Waals surface area contributed by atoms with E-state index >= 15 is 0 Å². The summed E-state index contributed by atoms with van der Waals surface area (Å²) in [6.07, 6.45) is 0. The van der Waals surface area contributed by atoms with Gasteiger partial charge in [0.05, 0.1) is 18.6 Å². The predicted octanol–water partition coefficient (Wildman–Crippen LogP) is 2.41. The zero-order chi connectivity index (χ0) is 11.0. The lowest BCUT2D eigenvalue weighted by atomic mass is 9.98. The highest BCUT2D eigenvalue weighted by molar-refractivity contribution is 6.18. The number of fused-ring (bicyclic) bond motifs is 1. The van der Waals surface area contributed by atoms with Crippen LogP contribution in [0.4, 0.5) is 0 Å². The van der Waals surface area contributed by atoms with Gasteiger partial charge < -0.3 is 9.47 Å². The molecule has 0 spiro atoms. The number of hydrogen-bond acceptors (Lipinski definition) is 3. The topological polar surface area (TPSA) is 35.5 Å². The summed E-state index contributed by atoms with van der Waals surface area (Å²) in [6.45, 7) is 2.27. The number of ether oxygens (including phenoxy) is 2. The van der Waals surface area contributed by atoms with Crippen molar-refractivity contribution in [3.05, 3.63) is 28.3 Å². The highest BCUT2D eigenvalue weighted by Gasteiger charge is 2.28. The van der Waals surface area contributed by atoms with E-state index in [4.69, 9.17) is 21.1 Å². The smallest absolute Gasteiger partial charge is 0.339 e. The van der Waals surface area contributed by atoms with Crippen molar-refractivity contribution in [2.45, 2.75) is 19.4 Å². The largest absolute Gasteiger partial charge is 0.496 e. The fourth-order valence-corrected chi connectivity index (χ4v) is 2.10. The molecule has 1 aliphatic rings. The molecule has 80 valence electrons. The van der Waals surface area contributed by atoms with Crippen LogP contribution in [0.3, 0.4) is 0 Å². The molecule has 4 heteroatoms. The van der Waals surface area contributed by atoms with Gasteiger partial charge >= 0.3 is 5.97 Å². The lowest BCUT2D eigenvalue weighted by molar-refractivity contribution is 0.0534. The number of rotatable bonds is 2. The zero-order valence-electron chi connectivity index (χ0n) is 8.59. The fraction of sp³-hybridized carbons (Fsp3) is 0.364. The van der Waals surface area contributed by atoms with E-state index < -0.39 is 0 Å². The molecule has 0 atom stereocenters. The van der Waals surface area contributed by atoms with Crippen molar-refractivity contribution in [1.82, 2.24) is 0 Å². The number of esters is 1. The molecule has 0 bridgehead atoms. The molecule has 0 saturated carbocycles. The van der Waals surface area contributed by atoms with Crippen molar-refractivity contribution in [3.63, 3.8) is 0 Å². The van der Waals surface area contributed by atoms with E-state index in [0.717, 1.165) is 16.7 Å². The number of halogens is 1. The molecular weight excluding hydrogens is 216 g/mol. The van der Waals surface area contributed by atoms with Crippen molar-refractivity contribution >= 4 is 17.6 Å². The van der Waals surface area contributed by atoms with Crippen LogP contribution in [-0.2, 0) is 17.2 Å². The maximum atomic E-state index is 11.5. The minimum absolute atomic E-state index is 0.251. The average molecular weight is 227 g/mol. The van der Waals surface area contributed by atoms with Crippen LogP contribution in [0.2, 0.25) is 0 Å². The van der Waals surface area contributed by atoms with Gasteiger partial charge in [-0.3, -0.25) is 0 Å². The molecule has 0 saturated heterocycles. The van der Waals surface area contributed by atoms with Crippen LogP contribution in [-0.4, -0.2) is 13.1 Å². The van der Waals surface area contributed by atoms with E-state index in [1.165, 1.54) is 0 Å². The van der Waals surface area contributed by atoms with E-state index in [-0.39, 0.29) is 11.8 Å². The van der Waals surface area contributed by atoms with Gasteiger partial charge in [0, 0.05) is 11.1 Å². The van der Waals surface area contributed by atoms with Crippen molar-refractivity contribution in [1.29, 1.82) is 0 Å². The molecule has 3 nitrogen and oxygen atoms in total. The third-order valence-corrected chi connectivity index (χ3v) is 2.90. The summed E-state index contributed by atoms with van der Waals surface area (Å²) in [5.74, 6) is 0.601. The number of benzene rings is 1. The Balaban J connectivity index is 2.71. The zero-order valence-corrected chi connectivity index (χ0v) is 9.35. The molecule has 1 aromatic rings. The second-order valence-corrected chi connectivity index (χ2v) is 3.70. The number of aryl methyl sites for hydroxylation is 1. The first kappa shape index (κ1) is 10.3. The van der Waals surface area contributed by atoms with E-state index in [9.17, 15) is 4.79 Å². The standard InChI is InChI=1S/C11H11ClO3/c1-6-3-9(14-2)7(4-12)10-8(6)5-15-11(10)13/h3H,4-5H2,1-2H3. The Kier molecular flexibility index (Phi) is 2.57. The third kappa shape index (κ3) is 1.47. The Bertz CT molecular complexity index is 426. The van der Waals surface area contributed by atoms with Crippen molar-refractivity contribution in [2.75, 3.05) is 7.11 Å². The third-order valence-electron chi connectivity index (χ3n) is 2.63. The Hall–Kier alpha value is -1.22. The summed E-state index contributed by atoms with van der Waals surface area (Å²) < 4.78 is 10.2. The van der Waals surface area contributed by atoms with Crippen LogP contribution in [0.1, 0.15) is 27.0 Å². The molecule has 0 N–H and O–H groups in total. The van der Waals surface area contributed by atoms with Gasteiger partial charge in [-0.2, -0.15) is 0 Å². The Morgan fingerprint density at radius 3 is 2.93 bits per heavy atom. The van der Waals surface area contributed by atoms with E-state index in [1.807, 2.05) is 13.0 Å². The normalized spacial score (nSPS) is 13.7. The molecule has 0 fully saturated rings. The number of carbonyl (C=O) groups excluding carboxylic acids is 1. The first-order chi connectivity index (χ1) is 7.19. The maximum absolute atomic E-state index is 11.5. The van der Waals surface area contributed by atoms with Crippen molar-refractivity contribution < 1.29 is 14.3 Å². The van der Waals surface area contributed by atoms with E-state index in [1.54, 1.807) is 7.11 Å². The summed E-state index contributed by atoms with van der Waals surface area (Å²) in [5.41, 5.74) is 3.24. The van der Waals surface area contributed by atoms with Crippen LogP contribution < -0.4 is 4.74 Å². The Morgan fingerprint density at radius 2 is 2.33 bits per heavy atom. The summed E-state index contributed by atoms with van der Waals surface area (Å²) >= 11 is 5.82. The molecule has 1 aromatic carbocycles. The Morgan fingerprint density at radius 1 is 1.60 bits per heavy atom. The quantitative estimate of drug-likeness (QED) is 0.574. The van der Waals surface area contributed by atoms with Crippen LogP contribution in [0.5, 0.6) is 5.75 Å². The van der Waals surface area contributed by atoms with E-state index in [0.29, 0.717) is 17.9 Å². The molecular formula is C11H11ClO3. The van der Waals surface area contributed by atoms with Gasteiger partial charge in [0.15, 0.2) is 0 Å². The molecule has 0 amide bonds. The van der Waals surface area contributed by atoms with E-state index in [2.05, 4.69) is 0 Å². The minimum Gasteiger partial charge on any atom is -0.496 e. The average Bonchev–Trinajstić information content (AvgIpc) is 2.61. The summed E-state index contributed by atoms with van der Waals surface area (Å²) in [4.78, 5) is 11.5. The van der Waals surface area contributed by atoms with Crippen LogP contribution in [0, 0.1) is 6.92 Å². The highest BCUT2D eigenvalue weighted by Crippen LogP contribution is 2.34. The summed E-state index contributed by atoms with van der Waals surface area (Å²) in [7, 11) is 1.57. The van der Waals surface area contributed by atoms with Gasteiger partial charge in [-0.05, 0) is 18.6 Å². The summed E-state index contributed by atoms with van der Waals surface area (Å²) in [6, 6.07) is 1.89. The molecule has 0 aromatic heterocycles. The Labute approximate surface area is 92.9 Å². The van der Waals surface area contributed by atoms with Gasteiger partial charge in [-0.15, -0.1) is 11.6 Å². The highest BCUT2D eigenvalue weighted by atomic mass is 35.5. The first-order valence-electron chi connectivity index (χ1n) is 4.61. The molecule has 0 radical (unpaired) electrons. The van der Waals surface area contributed by atoms with Crippen molar-refractivity contribution in [2.24, 2.45) is 0 Å². The second kappa shape index (κ2) is 3.74. The van der Waals surface area contributed by atoms with Gasteiger partial charge in [0.1, 0.15) is 12.4 Å². The van der Waals surface area contributed by atoms with Crippen LogP contribution >= 0.6 is 11.6 Å². The lowest BCUT2D eigenvalue weighted by Crippen LogP contribution is -2.03. The predicted molar refractivity (Wildman–Crippen MR) is 56.4 cm³/mol. The SMILES string of the molecule is COc1cc(C)c2c(c1CCl)C(=O)OC2. The van der Waals surface area contributed by atoms with Crippen molar-refractivity contribution in [3.8, 4) is 5.75 Å². The molecule has 2 rings (SSSR count). The number of hydrogen-bond donors (Lipinski definition) is 0. The number of cyclic esters (lactones) is 1. The van der Waals surface area contributed by atoms with Crippen LogP contribution in [0.15, 0.2) is 6.07 Å². The van der Waals surface area contributed by atoms with Gasteiger partial charge in [-0.25, -0.2) is 4.79 Å². The number of methoxy groups -OCH3 is 1. The lowest BCUT2D eigenvalue weighted by Gasteiger charge is -2.11.